The van der Waals surface area contributed by atoms with Crippen molar-refractivity contribution >= 4 is 35.6 Å². The van der Waals surface area contributed by atoms with Gasteiger partial charge < -0.3 is 15.8 Å². The summed E-state index contributed by atoms with van der Waals surface area (Å²) in [5.41, 5.74) is 6.58. The lowest BCUT2D eigenvalue weighted by Crippen LogP contribution is -2.30. The van der Waals surface area contributed by atoms with Crippen LogP contribution >= 0.6 is 24.0 Å². The smallest absolute Gasteiger partial charge is 0.194 e. The number of anilines is 1. The predicted octanol–water partition coefficient (Wildman–Crippen LogP) is 3.09. The minimum absolute atomic E-state index is 0. The Hall–Kier alpha value is -1.42. The Morgan fingerprint density at radius 1 is 1.35 bits per heavy atom. The number of hydrogen-bond acceptors (Lipinski definition) is 2. The predicted molar refractivity (Wildman–Crippen MR) is 95.7 cm³/mol. The molecule has 1 unspecified atom stereocenters. The van der Waals surface area contributed by atoms with Crippen LogP contribution in [0.4, 0.5) is 5.69 Å². The summed E-state index contributed by atoms with van der Waals surface area (Å²) in [6.07, 6.45) is 5.48. The molecule has 0 aromatic heterocycles. The number of ether oxygens (including phenoxy) is 1. The minimum atomic E-state index is -0.266. The standard InChI is InChI=1S/C15H21N3O.HI/c1-6-13(15(2,3)4)18-14(16)17-11-7-9-12(19-5)10-8-11;/h1,7-10,13H,2-5H3,(H3,16,17,18);1H. The molecule has 4 nitrogen and oxygen atoms in total. The maximum atomic E-state index is 5.86. The summed E-state index contributed by atoms with van der Waals surface area (Å²) in [5.74, 6) is 3.75. The lowest BCUT2D eigenvalue weighted by molar-refractivity contribution is 0.376. The van der Waals surface area contributed by atoms with Crippen molar-refractivity contribution in [2.75, 3.05) is 12.4 Å². The van der Waals surface area contributed by atoms with Crippen LogP contribution in [0.1, 0.15) is 20.8 Å². The van der Waals surface area contributed by atoms with Gasteiger partial charge in [0.25, 0.3) is 0 Å². The van der Waals surface area contributed by atoms with E-state index in [9.17, 15) is 0 Å². The Kier molecular flexibility index (Phi) is 7.43. The van der Waals surface area contributed by atoms with E-state index in [0.717, 1.165) is 11.4 Å². The molecule has 0 heterocycles. The summed E-state index contributed by atoms with van der Waals surface area (Å²) < 4.78 is 5.08. The first-order valence-electron chi connectivity index (χ1n) is 6.07. The van der Waals surface area contributed by atoms with E-state index in [0.29, 0.717) is 5.96 Å². The van der Waals surface area contributed by atoms with Gasteiger partial charge in [-0.3, -0.25) is 0 Å². The number of guanidine groups is 1. The van der Waals surface area contributed by atoms with E-state index in [2.05, 4.69) is 16.2 Å². The SMILES string of the molecule is C#CC(N=C(N)Nc1ccc(OC)cc1)C(C)(C)C.I. The highest BCUT2D eigenvalue weighted by molar-refractivity contribution is 14.0. The lowest BCUT2D eigenvalue weighted by Gasteiger charge is -2.23. The number of hydrogen-bond donors (Lipinski definition) is 2. The van der Waals surface area contributed by atoms with Gasteiger partial charge in [-0.15, -0.1) is 30.4 Å². The third-order valence-corrected chi connectivity index (χ3v) is 2.61. The maximum absolute atomic E-state index is 5.86. The second kappa shape index (κ2) is 8.00. The molecule has 1 rings (SSSR count). The van der Waals surface area contributed by atoms with Gasteiger partial charge >= 0.3 is 0 Å². The summed E-state index contributed by atoms with van der Waals surface area (Å²) in [6.45, 7) is 6.09. The van der Waals surface area contributed by atoms with Crippen molar-refractivity contribution < 1.29 is 4.74 Å². The average Bonchev–Trinajstić information content (AvgIpc) is 2.35. The van der Waals surface area contributed by atoms with Crippen LogP contribution in [0.2, 0.25) is 0 Å². The Labute approximate surface area is 138 Å². The number of halogens is 1. The summed E-state index contributed by atoms with van der Waals surface area (Å²) >= 11 is 0. The second-order valence-electron chi connectivity index (χ2n) is 5.30. The zero-order valence-electron chi connectivity index (χ0n) is 12.3. The number of aliphatic imine (C=N–C) groups is 1. The molecule has 0 amide bonds. The van der Waals surface area contributed by atoms with E-state index >= 15 is 0 Å². The van der Waals surface area contributed by atoms with Crippen LogP contribution in [0.25, 0.3) is 0 Å². The molecule has 5 heteroatoms. The van der Waals surface area contributed by atoms with Gasteiger partial charge in [-0.1, -0.05) is 26.7 Å². The number of nitrogens with one attached hydrogen (secondary N) is 1. The highest BCUT2D eigenvalue weighted by Crippen LogP contribution is 2.21. The summed E-state index contributed by atoms with van der Waals surface area (Å²) in [7, 11) is 1.62. The van der Waals surface area contributed by atoms with Gasteiger partial charge in [0.15, 0.2) is 5.96 Å². The van der Waals surface area contributed by atoms with Crippen LogP contribution in [0.5, 0.6) is 5.75 Å². The van der Waals surface area contributed by atoms with Gasteiger partial charge in [-0.05, 0) is 29.7 Å². The third-order valence-electron chi connectivity index (χ3n) is 2.61. The molecule has 1 aromatic carbocycles. The monoisotopic (exact) mass is 387 g/mol. The van der Waals surface area contributed by atoms with E-state index in [1.165, 1.54) is 0 Å². The van der Waals surface area contributed by atoms with E-state index in [-0.39, 0.29) is 35.4 Å². The molecular weight excluding hydrogens is 365 g/mol. The quantitative estimate of drug-likeness (QED) is 0.363. The van der Waals surface area contributed by atoms with Crippen LogP contribution in [0.15, 0.2) is 29.3 Å². The molecule has 0 aliphatic heterocycles. The molecule has 0 bridgehead atoms. The Morgan fingerprint density at radius 2 is 1.90 bits per heavy atom. The van der Waals surface area contributed by atoms with E-state index in [1.807, 2.05) is 45.0 Å². The molecule has 3 N–H and O–H groups in total. The summed E-state index contributed by atoms with van der Waals surface area (Å²) in [4.78, 5) is 4.32. The molecule has 0 spiro atoms. The van der Waals surface area contributed by atoms with E-state index in [4.69, 9.17) is 16.9 Å². The fraction of sp³-hybridized carbons (Fsp3) is 0.400. The fourth-order valence-corrected chi connectivity index (χ4v) is 1.47. The average molecular weight is 387 g/mol. The van der Waals surface area contributed by atoms with Crippen molar-refractivity contribution in [2.24, 2.45) is 16.1 Å². The maximum Gasteiger partial charge on any atom is 0.194 e. The molecule has 0 saturated carbocycles. The molecule has 0 saturated heterocycles. The van der Waals surface area contributed by atoms with Crippen LogP contribution in [-0.4, -0.2) is 19.1 Å². The number of nitrogens with two attached hydrogens (primary N) is 1. The van der Waals surface area contributed by atoms with Crippen molar-refractivity contribution in [2.45, 2.75) is 26.8 Å². The molecule has 0 aliphatic carbocycles. The number of methoxy groups -OCH3 is 1. The zero-order valence-corrected chi connectivity index (χ0v) is 14.6. The third kappa shape index (κ3) is 5.70. The van der Waals surface area contributed by atoms with Crippen LogP contribution in [0.3, 0.4) is 0 Å². The Morgan fingerprint density at radius 3 is 2.30 bits per heavy atom. The van der Waals surface area contributed by atoms with Crippen LogP contribution in [-0.2, 0) is 0 Å². The highest BCUT2D eigenvalue weighted by Gasteiger charge is 2.22. The Balaban J connectivity index is 0.00000361. The van der Waals surface area contributed by atoms with E-state index in [1.54, 1.807) is 7.11 Å². The van der Waals surface area contributed by atoms with Crippen molar-refractivity contribution in [1.29, 1.82) is 0 Å². The van der Waals surface area contributed by atoms with Gasteiger partial charge in [-0.2, -0.15) is 0 Å². The summed E-state index contributed by atoms with van der Waals surface area (Å²) in [5, 5.41) is 3.01. The van der Waals surface area contributed by atoms with Gasteiger partial charge in [-0.25, -0.2) is 4.99 Å². The second-order valence-corrected chi connectivity index (χ2v) is 5.30. The van der Waals surface area contributed by atoms with Gasteiger partial charge in [0, 0.05) is 5.69 Å². The molecule has 0 aliphatic rings. The van der Waals surface area contributed by atoms with Crippen molar-refractivity contribution in [3.05, 3.63) is 24.3 Å². The van der Waals surface area contributed by atoms with Gasteiger partial charge in [0.05, 0.1) is 7.11 Å². The summed E-state index contributed by atoms with van der Waals surface area (Å²) in [6, 6.07) is 7.15. The van der Waals surface area contributed by atoms with Crippen molar-refractivity contribution in [3.63, 3.8) is 0 Å². The molecule has 20 heavy (non-hydrogen) atoms. The highest BCUT2D eigenvalue weighted by atomic mass is 127. The topological polar surface area (TPSA) is 59.6 Å². The zero-order chi connectivity index (χ0) is 14.5. The van der Waals surface area contributed by atoms with Gasteiger partial charge in [0.2, 0.25) is 0 Å². The van der Waals surface area contributed by atoms with Crippen LogP contribution < -0.4 is 15.8 Å². The minimum Gasteiger partial charge on any atom is -0.497 e. The molecule has 0 fully saturated rings. The van der Waals surface area contributed by atoms with Crippen molar-refractivity contribution in [3.8, 4) is 18.1 Å². The van der Waals surface area contributed by atoms with Crippen LogP contribution in [0, 0.1) is 17.8 Å². The number of nitrogens with zero attached hydrogens (tertiary/aromatic N) is 1. The number of rotatable bonds is 3. The molecule has 0 radical (unpaired) electrons. The molecule has 1 atom stereocenters. The number of terminal acetylenes is 1. The Bertz CT molecular complexity index is 483. The molecule has 110 valence electrons. The molecule has 1 aromatic rings. The van der Waals surface area contributed by atoms with E-state index < -0.39 is 0 Å². The lowest BCUT2D eigenvalue weighted by atomic mass is 9.88. The normalized spacial score (nSPS) is 12.8. The first-order valence-corrected chi connectivity index (χ1v) is 6.07. The van der Waals surface area contributed by atoms with Crippen molar-refractivity contribution in [1.82, 2.24) is 0 Å². The molecular formula is C15H22IN3O. The van der Waals surface area contributed by atoms with Gasteiger partial charge in [0.1, 0.15) is 11.8 Å². The first-order chi connectivity index (χ1) is 8.86. The fourth-order valence-electron chi connectivity index (χ4n) is 1.47. The number of benzene rings is 1. The largest absolute Gasteiger partial charge is 0.497 e. The first kappa shape index (κ1) is 18.6.